The Hall–Kier alpha value is -3.09. The van der Waals surface area contributed by atoms with E-state index < -0.39 is 9.84 Å². The maximum absolute atomic E-state index is 12.7. The fraction of sp³-hybridized carbons (Fsp3) is 0.478. The van der Waals surface area contributed by atoms with E-state index in [9.17, 15) is 13.2 Å². The summed E-state index contributed by atoms with van der Waals surface area (Å²) in [4.78, 5) is 20.5. The number of hydrogen-bond donors (Lipinski definition) is 5. The number of nitrogens with two attached hydrogens (primary N) is 2. The van der Waals surface area contributed by atoms with E-state index in [-0.39, 0.29) is 29.7 Å². The highest BCUT2D eigenvalue weighted by Gasteiger charge is 2.31. The first-order chi connectivity index (χ1) is 16.8. The number of sulfone groups is 1. The number of anilines is 1. The van der Waals surface area contributed by atoms with Crippen LogP contribution in [0.3, 0.4) is 0 Å². The maximum atomic E-state index is 12.7. The van der Waals surface area contributed by atoms with Crippen LogP contribution in [0.25, 0.3) is 0 Å². The summed E-state index contributed by atoms with van der Waals surface area (Å²) in [6.45, 7) is 4.07. The van der Waals surface area contributed by atoms with Gasteiger partial charge < -0.3 is 32.3 Å². The second-order valence-corrected chi connectivity index (χ2v) is 11.2. The van der Waals surface area contributed by atoms with E-state index in [0.717, 1.165) is 55.0 Å². The van der Waals surface area contributed by atoms with Crippen LogP contribution in [-0.4, -0.2) is 75.7 Å². The first-order valence-electron chi connectivity index (χ1n) is 11.9. The van der Waals surface area contributed by atoms with Gasteiger partial charge in [0.15, 0.2) is 15.8 Å². The Balaban J connectivity index is 1.28. The molecule has 3 aliphatic rings. The summed E-state index contributed by atoms with van der Waals surface area (Å²) in [5, 5.41) is 9.72. The van der Waals surface area contributed by atoms with Gasteiger partial charge >= 0.3 is 6.03 Å². The summed E-state index contributed by atoms with van der Waals surface area (Å²) in [6, 6.07) is 7.69. The number of fused-ring (bicyclic) bond motifs is 1. The zero-order valence-electron chi connectivity index (χ0n) is 19.7. The number of carbonyl (C=O) groups is 1. The molecule has 0 aliphatic carbocycles. The molecule has 1 unspecified atom stereocenters. The number of amides is 2. The van der Waals surface area contributed by atoms with Gasteiger partial charge in [0, 0.05) is 50.2 Å². The largest absolute Gasteiger partial charge is 0.370 e. The lowest BCUT2D eigenvalue weighted by atomic mass is 10.1. The molecule has 11 nitrogen and oxygen atoms in total. The number of nitrogens with zero attached hydrogens (tertiary/aromatic N) is 3. The molecule has 0 radical (unpaired) electrons. The number of urea groups is 1. The Morgan fingerprint density at radius 3 is 2.60 bits per heavy atom. The molecular formula is C23H34N8O3S. The smallest absolute Gasteiger partial charge is 0.327 e. The monoisotopic (exact) mass is 502 g/mol. The van der Waals surface area contributed by atoms with Crippen molar-refractivity contribution in [1.82, 2.24) is 20.9 Å². The average Bonchev–Trinajstić information content (AvgIpc) is 3.22. The first-order valence-corrected chi connectivity index (χ1v) is 13.7. The molecule has 1 aromatic carbocycles. The van der Waals surface area contributed by atoms with Crippen molar-refractivity contribution in [1.29, 1.82) is 0 Å². The average molecular weight is 503 g/mol. The van der Waals surface area contributed by atoms with Crippen LogP contribution in [0.2, 0.25) is 0 Å². The molecule has 12 heteroatoms. The SMILES string of the molecule is NC(N)=NCCCNCc1ccc(N2C=C3C=C(CCN4CCS(=O)(=O)CC4)NC3NC2=O)cc1. The Labute approximate surface area is 206 Å². The molecule has 2 amide bonds. The maximum Gasteiger partial charge on any atom is 0.327 e. The fourth-order valence-corrected chi connectivity index (χ4v) is 5.51. The highest BCUT2D eigenvalue weighted by molar-refractivity contribution is 7.91. The van der Waals surface area contributed by atoms with Gasteiger partial charge in [-0.25, -0.2) is 13.2 Å². The standard InChI is InChI=1S/C23H34N8O3S/c24-22(25)27-8-1-7-26-15-17-2-4-20(5-3-17)31-16-18-14-19(28-21(18)29-23(31)32)6-9-30-10-12-35(33,34)13-11-30/h2-5,14,16,21,26,28H,1,6-13,15H2,(H,29,32)(H4,24,25,27). The highest BCUT2D eigenvalue weighted by Crippen LogP contribution is 2.25. The summed E-state index contributed by atoms with van der Waals surface area (Å²) < 4.78 is 23.2. The van der Waals surface area contributed by atoms with Crippen molar-refractivity contribution in [3.8, 4) is 0 Å². The molecule has 1 fully saturated rings. The van der Waals surface area contributed by atoms with Crippen LogP contribution in [0.1, 0.15) is 18.4 Å². The van der Waals surface area contributed by atoms with Gasteiger partial charge in [0.25, 0.3) is 0 Å². The van der Waals surface area contributed by atoms with Gasteiger partial charge in [-0.15, -0.1) is 0 Å². The fourth-order valence-electron chi connectivity index (χ4n) is 4.23. The van der Waals surface area contributed by atoms with Crippen molar-refractivity contribution in [3.63, 3.8) is 0 Å². The van der Waals surface area contributed by atoms with Crippen LogP contribution in [0.5, 0.6) is 0 Å². The minimum atomic E-state index is -2.87. The lowest BCUT2D eigenvalue weighted by Gasteiger charge is -2.29. The summed E-state index contributed by atoms with van der Waals surface area (Å²) in [5.41, 5.74) is 14.6. The van der Waals surface area contributed by atoms with E-state index in [0.29, 0.717) is 19.6 Å². The highest BCUT2D eigenvalue weighted by atomic mass is 32.2. The predicted octanol–water partition coefficient (Wildman–Crippen LogP) is -0.213. The molecule has 7 N–H and O–H groups in total. The molecule has 3 aliphatic heterocycles. The van der Waals surface area contributed by atoms with Gasteiger partial charge in [-0.3, -0.25) is 9.89 Å². The van der Waals surface area contributed by atoms with Crippen molar-refractivity contribution in [2.24, 2.45) is 16.5 Å². The molecule has 35 heavy (non-hydrogen) atoms. The third kappa shape index (κ3) is 6.96. The van der Waals surface area contributed by atoms with Crippen LogP contribution < -0.4 is 32.3 Å². The predicted molar refractivity (Wildman–Crippen MR) is 137 cm³/mol. The third-order valence-electron chi connectivity index (χ3n) is 6.25. The van der Waals surface area contributed by atoms with E-state index in [2.05, 4.69) is 31.9 Å². The molecule has 0 spiro atoms. The van der Waals surface area contributed by atoms with Crippen LogP contribution in [-0.2, 0) is 16.4 Å². The zero-order chi connectivity index (χ0) is 24.8. The van der Waals surface area contributed by atoms with Gasteiger partial charge in [0.05, 0.1) is 17.2 Å². The van der Waals surface area contributed by atoms with Crippen molar-refractivity contribution in [2.45, 2.75) is 25.6 Å². The molecule has 3 heterocycles. The number of rotatable bonds is 10. The van der Waals surface area contributed by atoms with E-state index in [1.54, 1.807) is 4.90 Å². The quantitative estimate of drug-likeness (QED) is 0.167. The van der Waals surface area contributed by atoms with Gasteiger partial charge in [0.1, 0.15) is 6.17 Å². The zero-order valence-corrected chi connectivity index (χ0v) is 20.6. The molecule has 1 atom stereocenters. The Morgan fingerprint density at radius 2 is 1.89 bits per heavy atom. The summed E-state index contributed by atoms with van der Waals surface area (Å²) in [7, 11) is -2.87. The van der Waals surface area contributed by atoms with Crippen molar-refractivity contribution in [2.75, 3.05) is 49.1 Å². The number of hydrogen-bond acceptors (Lipinski definition) is 7. The lowest BCUT2D eigenvalue weighted by molar-refractivity contribution is 0.243. The molecule has 0 saturated carbocycles. The number of nitrogens with one attached hydrogen (secondary N) is 3. The molecule has 0 bridgehead atoms. The van der Waals surface area contributed by atoms with E-state index in [1.165, 1.54) is 0 Å². The topological polar surface area (TPSA) is 158 Å². The Morgan fingerprint density at radius 1 is 1.14 bits per heavy atom. The second-order valence-electron chi connectivity index (χ2n) is 8.94. The number of aliphatic imine (C=N–C) groups is 1. The van der Waals surface area contributed by atoms with Gasteiger partial charge in [-0.2, -0.15) is 0 Å². The summed E-state index contributed by atoms with van der Waals surface area (Å²) in [6.07, 6.45) is 5.32. The summed E-state index contributed by atoms with van der Waals surface area (Å²) in [5.74, 6) is 0.569. The number of carbonyl (C=O) groups excluding carboxylic acids is 1. The first kappa shape index (κ1) is 25.0. The van der Waals surface area contributed by atoms with Crippen molar-refractivity contribution in [3.05, 3.63) is 53.4 Å². The Bertz CT molecular complexity index is 1100. The number of guanidine groups is 1. The molecular weight excluding hydrogens is 468 g/mol. The molecule has 1 saturated heterocycles. The van der Waals surface area contributed by atoms with Crippen LogP contribution in [0.15, 0.2) is 52.8 Å². The van der Waals surface area contributed by atoms with Crippen molar-refractivity contribution >= 4 is 27.5 Å². The lowest BCUT2D eigenvalue weighted by Crippen LogP contribution is -2.51. The second kappa shape index (κ2) is 11.1. The van der Waals surface area contributed by atoms with Crippen LogP contribution >= 0.6 is 0 Å². The van der Waals surface area contributed by atoms with Gasteiger partial charge in [-0.05, 0) is 43.2 Å². The molecule has 1 aromatic rings. The van der Waals surface area contributed by atoms with E-state index in [1.807, 2.05) is 30.5 Å². The van der Waals surface area contributed by atoms with Gasteiger partial charge in [0.2, 0.25) is 0 Å². The Kier molecular flexibility index (Phi) is 7.93. The third-order valence-corrected chi connectivity index (χ3v) is 7.86. The molecule has 0 aromatic heterocycles. The van der Waals surface area contributed by atoms with Crippen LogP contribution in [0, 0.1) is 0 Å². The minimum absolute atomic E-state index is 0.112. The molecule has 4 rings (SSSR count). The van der Waals surface area contributed by atoms with Crippen LogP contribution in [0.4, 0.5) is 10.5 Å². The number of benzene rings is 1. The van der Waals surface area contributed by atoms with E-state index >= 15 is 0 Å². The van der Waals surface area contributed by atoms with Crippen molar-refractivity contribution < 1.29 is 13.2 Å². The van der Waals surface area contributed by atoms with Gasteiger partial charge in [-0.1, -0.05) is 12.1 Å². The normalized spacial score (nSPS) is 21.4. The summed E-state index contributed by atoms with van der Waals surface area (Å²) >= 11 is 0. The minimum Gasteiger partial charge on any atom is -0.370 e. The molecule has 190 valence electrons. The van der Waals surface area contributed by atoms with E-state index in [4.69, 9.17) is 11.5 Å².